The van der Waals surface area contributed by atoms with Crippen LogP contribution in [0.1, 0.15) is 32.1 Å². The van der Waals surface area contributed by atoms with E-state index < -0.39 is 24.3 Å². The number of carbonyl (C=O) groups excluding carboxylic acids is 1. The normalized spacial score (nSPS) is 21.3. The van der Waals surface area contributed by atoms with Gasteiger partial charge in [0.25, 0.3) is 0 Å². The molecule has 2 heteroatoms. The number of allylic oxidation sites excluding steroid dienone is 2. The predicted molar refractivity (Wildman–Crippen MR) is 36.3 cm³/mol. The van der Waals surface area contributed by atoms with Crippen molar-refractivity contribution in [2.24, 2.45) is 0 Å². The quantitative estimate of drug-likeness (QED) is 0.469. The minimum Gasteiger partial charge on any atom is -0.512 e. The highest BCUT2D eigenvalue weighted by Crippen LogP contribution is 1.95. The van der Waals surface area contributed by atoms with Gasteiger partial charge in [0, 0.05) is 24.3 Å². The summed E-state index contributed by atoms with van der Waals surface area (Å²) in [6, 6.07) is 0. The molecular formula is C7H12O2. The summed E-state index contributed by atoms with van der Waals surface area (Å²) in [6.07, 6.45) is -3.51. The van der Waals surface area contributed by atoms with E-state index in [0.717, 1.165) is 13.8 Å². The van der Waals surface area contributed by atoms with Crippen LogP contribution in [0.2, 0.25) is 0 Å². The fourth-order valence-electron chi connectivity index (χ4n) is 0.269. The summed E-state index contributed by atoms with van der Waals surface area (Å²) in [5.41, 5.74) is 0. The molecule has 0 saturated heterocycles. The Morgan fingerprint density at radius 1 is 1.67 bits per heavy atom. The smallest absolute Gasteiger partial charge is 0.158 e. The minimum atomic E-state index is -2.08. The van der Waals surface area contributed by atoms with Gasteiger partial charge in [0.2, 0.25) is 0 Å². The molecule has 0 amide bonds. The molecule has 0 heterocycles. The van der Waals surface area contributed by atoms with Crippen molar-refractivity contribution in [3.63, 3.8) is 0 Å². The van der Waals surface area contributed by atoms with Crippen LogP contribution in [0.3, 0.4) is 0 Å². The zero-order valence-electron chi connectivity index (χ0n) is 9.43. The van der Waals surface area contributed by atoms with E-state index in [2.05, 4.69) is 0 Å². The maximum atomic E-state index is 10.9. The third-order valence-corrected chi connectivity index (χ3v) is 0.770. The Balaban J connectivity index is 4.70. The molecule has 0 saturated carbocycles. The lowest BCUT2D eigenvalue weighted by Gasteiger charge is -1.90. The average molecular weight is 132 g/mol. The molecule has 0 aromatic rings. The number of aliphatic hydroxyl groups excluding tert-OH is 1. The Morgan fingerprint density at radius 3 is 2.56 bits per heavy atom. The van der Waals surface area contributed by atoms with Gasteiger partial charge in [0.05, 0.1) is 5.76 Å². The van der Waals surface area contributed by atoms with Crippen LogP contribution in [0.25, 0.3) is 0 Å². The first-order chi connectivity index (χ1) is 5.55. The van der Waals surface area contributed by atoms with Crippen molar-refractivity contribution in [3.8, 4) is 0 Å². The summed E-state index contributed by atoms with van der Waals surface area (Å²) in [4.78, 5) is 10.9. The van der Waals surface area contributed by atoms with Crippen LogP contribution in [-0.4, -0.2) is 10.9 Å². The van der Waals surface area contributed by atoms with Crippen molar-refractivity contribution in [1.29, 1.82) is 0 Å². The summed E-state index contributed by atoms with van der Waals surface area (Å²) < 4.78 is 28.0. The molecule has 52 valence electrons. The molecule has 0 aromatic carbocycles. The Morgan fingerprint density at radius 2 is 2.22 bits per heavy atom. The molecule has 0 unspecified atom stereocenters. The van der Waals surface area contributed by atoms with Crippen molar-refractivity contribution in [2.45, 2.75) is 26.6 Å². The van der Waals surface area contributed by atoms with Gasteiger partial charge in [0.15, 0.2) is 5.78 Å². The van der Waals surface area contributed by atoms with Crippen molar-refractivity contribution in [3.05, 3.63) is 11.8 Å². The molecule has 0 spiro atoms. The second kappa shape index (κ2) is 4.13. The third-order valence-electron chi connectivity index (χ3n) is 0.770. The fraction of sp³-hybridized carbons (Fsp3) is 0.571. The van der Waals surface area contributed by atoms with E-state index in [0.29, 0.717) is 6.08 Å². The monoisotopic (exact) mass is 132 g/mol. The molecular weight excluding hydrogens is 116 g/mol. The molecule has 0 aromatic heterocycles. The van der Waals surface area contributed by atoms with Crippen molar-refractivity contribution in [2.75, 3.05) is 0 Å². The lowest BCUT2D eigenvalue weighted by atomic mass is 10.2. The minimum absolute atomic E-state index is 0.583. The van der Waals surface area contributed by atoms with Crippen molar-refractivity contribution in [1.82, 2.24) is 0 Å². The van der Waals surface area contributed by atoms with Crippen molar-refractivity contribution < 1.29 is 15.4 Å². The Hall–Kier alpha value is -0.790. The van der Waals surface area contributed by atoms with Crippen LogP contribution in [0.15, 0.2) is 11.8 Å². The van der Waals surface area contributed by atoms with Crippen LogP contribution < -0.4 is 0 Å². The molecule has 0 fully saturated rings. The molecule has 0 aliphatic carbocycles. The van der Waals surface area contributed by atoms with E-state index in [1.54, 1.807) is 0 Å². The van der Waals surface area contributed by atoms with E-state index in [-0.39, 0.29) is 0 Å². The largest absolute Gasteiger partial charge is 0.512 e. The second-order valence-corrected chi connectivity index (χ2v) is 1.39. The van der Waals surface area contributed by atoms with Gasteiger partial charge in [-0.3, -0.25) is 4.79 Å². The van der Waals surface area contributed by atoms with Gasteiger partial charge in [-0.1, -0.05) is 13.8 Å². The summed E-state index contributed by atoms with van der Waals surface area (Å²) in [5.74, 6) is -1.71. The Bertz CT molecular complexity index is 234. The molecule has 0 atom stereocenters. The number of carbonyl (C=O) groups is 1. The topological polar surface area (TPSA) is 37.3 Å². The maximum Gasteiger partial charge on any atom is 0.158 e. The van der Waals surface area contributed by atoms with Gasteiger partial charge in [-0.05, 0) is 0 Å². The summed E-state index contributed by atoms with van der Waals surface area (Å²) in [7, 11) is 0. The van der Waals surface area contributed by atoms with Crippen LogP contribution >= 0.6 is 0 Å². The highest BCUT2D eigenvalue weighted by Gasteiger charge is 1.93. The number of ketones is 1. The molecule has 0 aliphatic rings. The van der Waals surface area contributed by atoms with Gasteiger partial charge in [0.1, 0.15) is 0 Å². The zero-order chi connectivity index (χ0) is 10.9. The first-order valence-corrected chi connectivity index (χ1v) is 2.51. The Labute approximate surface area is 60.8 Å². The van der Waals surface area contributed by atoms with E-state index in [1.165, 1.54) is 0 Å². The first-order valence-electron chi connectivity index (χ1n) is 4.51. The number of hydrogen-bond acceptors (Lipinski definition) is 2. The standard InChI is InChI=1S/C7H12O2/c1-3-6(8)5-7(9)4-2/h5,8H,3-4H2,1-2H3/i3D2,4D2. The predicted octanol–water partition coefficient (Wildman–Crippen LogP) is 1.82. The van der Waals surface area contributed by atoms with Crippen LogP contribution in [-0.2, 0) is 4.79 Å². The van der Waals surface area contributed by atoms with Crippen LogP contribution in [0.5, 0.6) is 0 Å². The van der Waals surface area contributed by atoms with Gasteiger partial charge in [-0.15, -0.1) is 0 Å². The second-order valence-electron chi connectivity index (χ2n) is 1.39. The van der Waals surface area contributed by atoms with Gasteiger partial charge in [-0.25, -0.2) is 0 Å². The molecule has 0 radical (unpaired) electrons. The molecule has 1 N–H and O–H groups in total. The number of hydrogen-bond donors (Lipinski definition) is 1. The summed E-state index contributed by atoms with van der Waals surface area (Å²) >= 11 is 0. The SMILES string of the molecule is [2H]C([2H])(C)C(=O)C=C(O)C([2H])([2H])C. The lowest BCUT2D eigenvalue weighted by molar-refractivity contribution is -0.114. The highest BCUT2D eigenvalue weighted by atomic mass is 16.3. The lowest BCUT2D eigenvalue weighted by Crippen LogP contribution is -1.90. The van der Waals surface area contributed by atoms with Crippen LogP contribution in [0, 0.1) is 0 Å². The third kappa shape index (κ3) is 3.76. The van der Waals surface area contributed by atoms with Crippen LogP contribution in [0.4, 0.5) is 0 Å². The van der Waals surface area contributed by atoms with Crippen molar-refractivity contribution >= 4 is 5.78 Å². The molecule has 0 aliphatic heterocycles. The summed E-state index contributed by atoms with van der Waals surface area (Å²) in [6.45, 7) is 2.13. The maximum absolute atomic E-state index is 10.9. The summed E-state index contributed by atoms with van der Waals surface area (Å²) in [5, 5.41) is 9.02. The first kappa shape index (κ1) is 3.40. The van der Waals surface area contributed by atoms with Gasteiger partial charge >= 0.3 is 0 Å². The zero-order valence-corrected chi connectivity index (χ0v) is 5.43. The molecule has 0 bridgehead atoms. The molecule has 0 rings (SSSR count). The average Bonchev–Trinajstić information content (AvgIpc) is 1.82. The number of aliphatic hydroxyl groups is 1. The van der Waals surface area contributed by atoms with E-state index in [9.17, 15) is 4.79 Å². The van der Waals surface area contributed by atoms with E-state index in [1.807, 2.05) is 0 Å². The molecule has 2 nitrogen and oxygen atoms in total. The Kier molecular flexibility index (Phi) is 1.56. The number of rotatable bonds is 3. The van der Waals surface area contributed by atoms with E-state index in [4.69, 9.17) is 10.6 Å². The van der Waals surface area contributed by atoms with Gasteiger partial charge in [-0.2, -0.15) is 0 Å². The van der Waals surface area contributed by atoms with Gasteiger partial charge < -0.3 is 5.11 Å². The fourth-order valence-corrected chi connectivity index (χ4v) is 0.269. The molecule has 9 heavy (non-hydrogen) atoms. The highest BCUT2D eigenvalue weighted by molar-refractivity contribution is 5.89. The van der Waals surface area contributed by atoms with E-state index >= 15 is 0 Å².